The molecule has 110 valence electrons. The molecular formula is C11H22N4O4. The summed E-state index contributed by atoms with van der Waals surface area (Å²) < 4.78 is 0. The van der Waals surface area contributed by atoms with Crippen molar-refractivity contribution >= 4 is 17.8 Å². The molecule has 0 spiro atoms. The maximum absolute atomic E-state index is 11.7. The van der Waals surface area contributed by atoms with E-state index in [4.69, 9.17) is 16.6 Å². The van der Waals surface area contributed by atoms with Crippen LogP contribution in [0.15, 0.2) is 0 Å². The summed E-state index contributed by atoms with van der Waals surface area (Å²) in [5.41, 5.74) is 10.6. The van der Waals surface area contributed by atoms with Crippen molar-refractivity contribution in [3.05, 3.63) is 0 Å². The zero-order valence-corrected chi connectivity index (χ0v) is 11.3. The quantitative estimate of drug-likeness (QED) is 0.363. The van der Waals surface area contributed by atoms with Gasteiger partial charge in [-0.15, -0.1) is 0 Å². The first-order valence-corrected chi connectivity index (χ1v) is 5.99. The van der Waals surface area contributed by atoms with Crippen LogP contribution in [0.3, 0.4) is 0 Å². The van der Waals surface area contributed by atoms with Crippen LogP contribution in [-0.4, -0.2) is 47.6 Å². The van der Waals surface area contributed by atoms with Gasteiger partial charge in [-0.3, -0.25) is 9.59 Å². The molecule has 0 fully saturated rings. The first-order chi connectivity index (χ1) is 8.70. The van der Waals surface area contributed by atoms with Crippen molar-refractivity contribution in [1.82, 2.24) is 10.6 Å². The van der Waals surface area contributed by atoms with Gasteiger partial charge in [0.05, 0.1) is 6.04 Å². The zero-order valence-electron chi connectivity index (χ0n) is 11.3. The van der Waals surface area contributed by atoms with E-state index < -0.39 is 35.9 Å². The Bertz CT molecular complexity index is 346. The molecule has 0 aliphatic rings. The largest absolute Gasteiger partial charge is 0.480 e. The number of amides is 2. The number of nitrogens with two attached hydrogens (primary N) is 2. The highest BCUT2D eigenvalue weighted by molar-refractivity contribution is 5.91. The molecule has 0 aliphatic carbocycles. The van der Waals surface area contributed by atoms with Crippen molar-refractivity contribution in [3.8, 4) is 0 Å². The third-order valence-corrected chi connectivity index (χ3v) is 2.57. The smallest absolute Gasteiger partial charge is 0.326 e. The van der Waals surface area contributed by atoms with Gasteiger partial charge < -0.3 is 27.2 Å². The Labute approximate surface area is 111 Å². The molecule has 8 heteroatoms. The highest BCUT2D eigenvalue weighted by Crippen LogP contribution is 2.02. The Morgan fingerprint density at radius 2 is 1.63 bits per heavy atom. The van der Waals surface area contributed by atoms with Gasteiger partial charge in [-0.05, 0) is 12.8 Å². The Morgan fingerprint density at radius 3 is 2.00 bits per heavy atom. The van der Waals surface area contributed by atoms with Crippen LogP contribution in [-0.2, 0) is 14.4 Å². The SMILES string of the molecule is CC(C)[C@H](NC(=O)[C@H](C)NC(=O)C(N)CN)C(=O)O. The minimum Gasteiger partial charge on any atom is -0.480 e. The first-order valence-electron chi connectivity index (χ1n) is 5.99. The number of rotatable bonds is 7. The van der Waals surface area contributed by atoms with Gasteiger partial charge in [-0.1, -0.05) is 13.8 Å². The van der Waals surface area contributed by atoms with E-state index in [0.717, 1.165) is 0 Å². The molecule has 0 rings (SSSR count). The molecule has 0 bridgehead atoms. The van der Waals surface area contributed by atoms with Gasteiger partial charge >= 0.3 is 5.97 Å². The number of carboxylic acid groups (broad SMARTS) is 1. The van der Waals surface area contributed by atoms with Crippen LogP contribution in [0.4, 0.5) is 0 Å². The van der Waals surface area contributed by atoms with Gasteiger partial charge in [-0.2, -0.15) is 0 Å². The Kier molecular flexibility index (Phi) is 7.02. The summed E-state index contributed by atoms with van der Waals surface area (Å²) in [6.07, 6.45) is 0. The van der Waals surface area contributed by atoms with E-state index in [1.807, 2.05) is 0 Å². The molecule has 7 N–H and O–H groups in total. The predicted molar refractivity (Wildman–Crippen MR) is 69.0 cm³/mol. The van der Waals surface area contributed by atoms with Crippen molar-refractivity contribution in [2.45, 2.75) is 38.9 Å². The minimum absolute atomic E-state index is 0.0378. The van der Waals surface area contributed by atoms with Crippen LogP contribution < -0.4 is 22.1 Å². The summed E-state index contributed by atoms with van der Waals surface area (Å²) in [7, 11) is 0. The molecule has 0 aromatic heterocycles. The fourth-order valence-corrected chi connectivity index (χ4v) is 1.28. The number of hydrogen-bond acceptors (Lipinski definition) is 5. The summed E-state index contributed by atoms with van der Waals surface area (Å²) >= 11 is 0. The van der Waals surface area contributed by atoms with Crippen molar-refractivity contribution in [2.75, 3.05) is 6.54 Å². The highest BCUT2D eigenvalue weighted by Gasteiger charge is 2.26. The van der Waals surface area contributed by atoms with E-state index in [2.05, 4.69) is 10.6 Å². The number of carbonyl (C=O) groups excluding carboxylic acids is 2. The molecule has 8 nitrogen and oxygen atoms in total. The summed E-state index contributed by atoms with van der Waals surface area (Å²) in [5.74, 6) is -2.53. The van der Waals surface area contributed by atoms with E-state index in [1.165, 1.54) is 6.92 Å². The van der Waals surface area contributed by atoms with E-state index >= 15 is 0 Å². The summed E-state index contributed by atoms with van der Waals surface area (Å²) in [6.45, 7) is 4.75. The normalized spacial score (nSPS) is 15.5. The third kappa shape index (κ3) is 5.66. The highest BCUT2D eigenvalue weighted by atomic mass is 16.4. The molecule has 0 radical (unpaired) electrons. The number of carboxylic acids is 1. The van der Waals surface area contributed by atoms with E-state index in [1.54, 1.807) is 13.8 Å². The maximum atomic E-state index is 11.7. The second kappa shape index (κ2) is 7.70. The zero-order chi connectivity index (χ0) is 15.2. The van der Waals surface area contributed by atoms with Gasteiger partial charge in [0.15, 0.2) is 0 Å². The lowest BCUT2D eigenvalue weighted by Gasteiger charge is -2.21. The van der Waals surface area contributed by atoms with E-state index in [9.17, 15) is 14.4 Å². The van der Waals surface area contributed by atoms with Crippen LogP contribution in [0.2, 0.25) is 0 Å². The standard InChI is InChI=1S/C11H22N4O4/c1-5(2)8(11(18)19)15-9(16)6(3)14-10(17)7(13)4-12/h5-8H,4,12-13H2,1-3H3,(H,14,17)(H,15,16)(H,18,19)/t6-,7?,8-/m0/s1. The Hall–Kier alpha value is -1.67. The maximum Gasteiger partial charge on any atom is 0.326 e. The number of aliphatic carboxylic acids is 1. The van der Waals surface area contributed by atoms with Gasteiger partial charge in [0.2, 0.25) is 11.8 Å². The molecule has 2 amide bonds. The van der Waals surface area contributed by atoms with Crippen LogP contribution in [0.25, 0.3) is 0 Å². The van der Waals surface area contributed by atoms with Gasteiger partial charge in [0.1, 0.15) is 12.1 Å². The van der Waals surface area contributed by atoms with E-state index in [-0.39, 0.29) is 12.5 Å². The molecule has 1 unspecified atom stereocenters. The molecular weight excluding hydrogens is 252 g/mol. The molecule has 3 atom stereocenters. The van der Waals surface area contributed by atoms with Gasteiger partial charge in [0, 0.05) is 6.54 Å². The second-order valence-electron chi connectivity index (χ2n) is 4.64. The summed E-state index contributed by atoms with van der Waals surface area (Å²) in [6, 6.07) is -2.78. The van der Waals surface area contributed by atoms with Gasteiger partial charge in [0.25, 0.3) is 0 Å². The van der Waals surface area contributed by atoms with Crippen molar-refractivity contribution < 1.29 is 19.5 Å². The Balaban J connectivity index is 4.49. The topological polar surface area (TPSA) is 148 Å². The molecule has 0 saturated heterocycles. The third-order valence-electron chi connectivity index (χ3n) is 2.57. The fraction of sp³-hybridized carbons (Fsp3) is 0.727. The summed E-state index contributed by atoms with van der Waals surface area (Å²) in [4.78, 5) is 34.1. The van der Waals surface area contributed by atoms with Crippen molar-refractivity contribution in [1.29, 1.82) is 0 Å². The second-order valence-corrected chi connectivity index (χ2v) is 4.64. The monoisotopic (exact) mass is 274 g/mol. The predicted octanol–water partition coefficient (Wildman–Crippen LogP) is -2.00. The van der Waals surface area contributed by atoms with Crippen LogP contribution >= 0.6 is 0 Å². The molecule has 19 heavy (non-hydrogen) atoms. The lowest BCUT2D eigenvalue weighted by atomic mass is 10.0. The van der Waals surface area contributed by atoms with Crippen LogP contribution in [0.5, 0.6) is 0 Å². The van der Waals surface area contributed by atoms with Crippen molar-refractivity contribution in [3.63, 3.8) is 0 Å². The van der Waals surface area contributed by atoms with Crippen LogP contribution in [0.1, 0.15) is 20.8 Å². The minimum atomic E-state index is -1.12. The lowest BCUT2D eigenvalue weighted by molar-refractivity contribution is -0.143. The number of carbonyl (C=O) groups is 3. The average Bonchev–Trinajstić information content (AvgIpc) is 2.33. The van der Waals surface area contributed by atoms with E-state index in [0.29, 0.717) is 0 Å². The fourth-order valence-electron chi connectivity index (χ4n) is 1.28. The molecule has 0 aromatic carbocycles. The molecule has 0 heterocycles. The first kappa shape index (κ1) is 17.3. The average molecular weight is 274 g/mol. The molecule has 0 aromatic rings. The molecule has 0 aliphatic heterocycles. The van der Waals surface area contributed by atoms with Crippen LogP contribution in [0, 0.1) is 5.92 Å². The lowest BCUT2D eigenvalue weighted by Crippen LogP contribution is -2.55. The molecule has 0 saturated carbocycles. The Morgan fingerprint density at radius 1 is 1.11 bits per heavy atom. The number of hydrogen-bond donors (Lipinski definition) is 5. The number of nitrogens with one attached hydrogen (secondary N) is 2. The summed E-state index contributed by atoms with van der Waals surface area (Å²) in [5, 5.41) is 13.7. The van der Waals surface area contributed by atoms with Crippen molar-refractivity contribution in [2.24, 2.45) is 17.4 Å². The van der Waals surface area contributed by atoms with Gasteiger partial charge in [-0.25, -0.2) is 4.79 Å².